The molecule has 2 N–H and O–H groups in total. The van der Waals surface area contributed by atoms with E-state index in [4.69, 9.17) is 5.73 Å². The van der Waals surface area contributed by atoms with Crippen molar-refractivity contribution in [1.29, 1.82) is 0 Å². The van der Waals surface area contributed by atoms with E-state index < -0.39 is 0 Å². The van der Waals surface area contributed by atoms with Crippen molar-refractivity contribution in [2.45, 2.75) is 38.1 Å². The third kappa shape index (κ3) is 4.28. The molecule has 0 amide bonds. The van der Waals surface area contributed by atoms with Crippen molar-refractivity contribution >= 4 is 31.9 Å². The van der Waals surface area contributed by atoms with Gasteiger partial charge in [0, 0.05) is 21.5 Å². The Hall–Kier alpha value is 0.1000. The second-order valence-corrected chi connectivity index (χ2v) is 6.94. The SMILES string of the molecule is NCC(c1ccc(Br)c(Br)c1)N1CCCCCCC1. The number of rotatable bonds is 3. The van der Waals surface area contributed by atoms with Crippen molar-refractivity contribution in [3.63, 3.8) is 0 Å². The van der Waals surface area contributed by atoms with E-state index >= 15 is 0 Å². The summed E-state index contributed by atoms with van der Waals surface area (Å²) in [6.07, 6.45) is 6.71. The van der Waals surface area contributed by atoms with Crippen LogP contribution in [0.1, 0.15) is 43.7 Å². The molecule has 1 atom stereocenters. The molecule has 4 heteroatoms. The second kappa shape index (κ2) is 7.77. The van der Waals surface area contributed by atoms with Crippen LogP contribution < -0.4 is 5.73 Å². The van der Waals surface area contributed by atoms with E-state index in [0.717, 1.165) is 8.95 Å². The maximum absolute atomic E-state index is 6.05. The summed E-state index contributed by atoms with van der Waals surface area (Å²) in [5.41, 5.74) is 7.36. The number of likely N-dealkylation sites (tertiary alicyclic amines) is 1. The van der Waals surface area contributed by atoms with E-state index in [-0.39, 0.29) is 0 Å². The summed E-state index contributed by atoms with van der Waals surface area (Å²) in [4.78, 5) is 2.56. The topological polar surface area (TPSA) is 29.3 Å². The molecule has 0 bridgehead atoms. The monoisotopic (exact) mass is 388 g/mol. The smallest absolute Gasteiger partial charge is 0.0470 e. The second-order valence-electron chi connectivity index (χ2n) is 5.23. The summed E-state index contributed by atoms with van der Waals surface area (Å²) in [6, 6.07) is 6.83. The lowest BCUT2D eigenvalue weighted by Gasteiger charge is -2.32. The molecule has 2 nitrogen and oxygen atoms in total. The molecule has 0 radical (unpaired) electrons. The zero-order valence-electron chi connectivity index (χ0n) is 11.2. The molecule has 2 rings (SSSR count). The molecule has 0 spiro atoms. The highest BCUT2D eigenvalue weighted by atomic mass is 79.9. The molecule has 1 fully saturated rings. The molecular weight excluding hydrogens is 368 g/mol. The van der Waals surface area contributed by atoms with E-state index in [1.165, 1.54) is 50.8 Å². The number of nitrogens with two attached hydrogens (primary N) is 1. The summed E-state index contributed by atoms with van der Waals surface area (Å²) in [6.45, 7) is 3.04. The number of benzene rings is 1. The number of nitrogens with zero attached hydrogens (tertiary/aromatic N) is 1. The number of halogens is 2. The van der Waals surface area contributed by atoms with Crippen LogP contribution in [0.15, 0.2) is 27.1 Å². The molecule has 1 aliphatic rings. The molecule has 1 aliphatic heterocycles. The predicted molar refractivity (Wildman–Crippen MR) is 88.3 cm³/mol. The standard InChI is InChI=1S/C15H22Br2N2/c16-13-7-6-12(10-14(13)17)15(11-18)19-8-4-2-1-3-5-9-19/h6-7,10,15H,1-5,8-9,11,18H2. The molecule has 1 saturated heterocycles. The van der Waals surface area contributed by atoms with Crippen molar-refractivity contribution < 1.29 is 0 Å². The van der Waals surface area contributed by atoms with Gasteiger partial charge in [0.05, 0.1) is 0 Å². The van der Waals surface area contributed by atoms with Crippen LogP contribution in [0.5, 0.6) is 0 Å². The van der Waals surface area contributed by atoms with Crippen LogP contribution in [0.4, 0.5) is 0 Å². The molecule has 1 aromatic carbocycles. The van der Waals surface area contributed by atoms with Gasteiger partial charge in [0.25, 0.3) is 0 Å². The summed E-state index contributed by atoms with van der Waals surface area (Å²) in [7, 11) is 0. The Bertz CT molecular complexity index is 401. The molecule has 106 valence electrons. The van der Waals surface area contributed by atoms with Crippen LogP contribution in [0.3, 0.4) is 0 Å². The first-order valence-electron chi connectivity index (χ1n) is 7.11. The Morgan fingerprint density at radius 1 is 1.00 bits per heavy atom. The van der Waals surface area contributed by atoms with Crippen LogP contribution in [0.2, 0.25) is 0 Å². The summed E-state index contributed by atoms with van der Waals surface area (Å²) < 4.78 is 2.20. The maximum Gasteiger partial charge on any atom is 0.0470 e. The average molecular weight is 390 g/mol. The lowest BCUT2D eigenvalue weighted by atomic mass is 10.0. The van der Waals surface area contributed by atoms with Crippen molar-refractivity contribution in [1.82, 2.24) is 4.90 Å². The van der Waals surface area contributed by atoms with Gasteiger partial charge in [-0.2, -0.15) is 0 Å². The Labute approximate surface area is 133 Å². The number of hydrogen-bond donors (Lipinski definition) is 1. The van der Waals surface area contributed by atoms with Gasteiger partial charge in [-0.15, -0.1) is 0 Å². The minimum atomic E-state index is 0.350. The van der Waals surface area contributed by atoms with Gasteiger partial charge in [-0.1, -0.05) is 25.3 Å². The molecule has 1 aromatic rings. The highest BCUT2D eigenvalue weighted by Crippen LogP contribution is 2.29. The number of hydrogen-bond acceptors (Lipinski definition) is 2. The molecule has 0 aliphatic carbocycles. The minimum Gasteiger partial charge on any atom is -0.329 e. The van der Waals surface area contributed by atoms with Crippen LogP contribution in [-0.2, 0) is 0 Å². The van der Waals surface area contributed by atoms with E-state index in [9.17, 15) is 0 Å². The molecular formula is C15H22Br2N2. The van der Waals surface area contributed by atoms with Gasteiger partial charge in [-0.3, -0.25) is 4.90 Å². The summed E-state index contributed by atoms with van der Waals surface area (Å²) in [5.74, 6) is 0. The highest BCUT2D eigenvalue weighted by Gasteiger charge is 2.20. The Morgan fingerprint density at radius 3 is 2.21 bits per heavy atom. The van der Waals surface area contributed by atoms with Gasteiger partial charge in [-0.25, -0.2) is 0 Å². The zero-order valence-corrected chi connectivity index (χ0v) is 14.4. The van der Waals surface area contributed by atoms with Gasteiger partial charge in [0.15, 0.2) is 0 Å². The Balaban J connectivity index is 2.14. The molecule has 19 heavy (non-hydrogen) atoms. The zero-order chi connectivity index (χ0) is 13.7. The average Bonchev–Trinajstić information content (AvgIpc) is 2.36. The largest absolute Gasteiger partial charge is 0.329 e. The first-order chi connectivity index (χ1) is 9.22. The van der Waals surface area contributed by atoms with Crippen molar-refractivity contribution in [2.75, 3.05) is 19.6 Å². The van der Waals surface area contributed by atoms with Crippen LogP contribution in [-0.4, -0.2) is 24.5 Å². The van der Waals surface area contributed by atoms with Crippen LogP contribution in [0.25, 0.3) is 0 Å². The van der Waals surface area contributed by atoms with Crippen molar-refractivity contribution in [3.05, 3.63) is 32.7 Å². The van der Waals surface area contributed by atoms with Gasteiger partial charge in [0.2, 0.25) is 0 Å². The third-order valence-corrected chi connectivity index (χ3v) is 5.76. The Morgan fingerprint density at radius 2 is 1.63 bits per heavy atom. The van der Waals surface area contributed by atoms with Crippen LogP contribution >= 0.6 is 31.9 Å². The van der Waals surface area contributed by atoms with E-state index in [2.05, 4.69) is 55.0 Å². The van der Waals surface area contributed by atoms with Gasteiger partial charge in [-0.05, 0) is 75.5 Å². The van der Waals surface area contributed by atoms with Gasteiger partial charge < -0.3 is 5.73 Å². The maximum atomic E-state index is 6.05. The third-order valence-electron chi connectivity index (χ3n) is 3.88. The van der Waals surface area contributed by atoms with Crippen molar-refractivity contribution in [2.24, 2.45) is 5.73 Å². The van der Waals surface area contributed by atoms with E-state index in [0.29, 0.717) is 12.6 Å². The first-order valence-corrected chi connectivity index (χ1v) is 8.70. The lowest BCUT2D eigenvalue weighted by Crippen LogP contribution is -2.36. The lowest BCUT2D eigenvalue weighted by molar-refractivity contribution is 0.183. The normalized spacial score (nSPS) is 19.7. The summed E-state index contributed by atoms with van der Waals surface area (Å²) in [5, 5.41) is 0. The molecule has 1 heterocycles. The highest BCUT2D eigenvalue weighted by molar-refractivity contribution is 9.13. The fraction of sp³-hybridized carbons (Fsp3) is 0.600. The van der Waals surface area contributed by atoms with Gasteiger partial charge >= 0.3 is 0 Å². The predicted octanol–water partition coefficient (Wildman–Crippen LogP) is 4.48. The summed E-state index contributed by atoms with van der Waals surface area (Å²) >= 11 is 7.12. The quantitative estimate of drug-likeness (QED) is 0.825. The van der Waals surface area contributed by atoms with Crippen molar-refractivity contribution in [3.8, 4) is 0 Å². The van der Waals surface area contributed by atoms with E-state index in [1.807, 2.05) is 0 Å². The van der Waals surface area contributed by atoms with Crippen LogP contribution in [0, 0.1) is 0 Å². The molecule has 1 unspecified atom stereocenters. The van der Waals surface area contributed by atoms with E-state index in [1.54, 1.807) is 0 Å². The fourth-order valence-electron chi connectivity index (χ4n) is 2.80. The fourth-order valence-corrected chi connectivity index (χ4v) is 3.44. The minimum absolute atomic E-state index is 0.350. The van der Waals surface area contributed by atoms with Gasteiger partial charge in [0.1, 0.15) is 0 Å². The molecule has 0 aromatic heterocycles. The Kier molecular flexibility index (Phi) is 6.33. The first kappa shape index (κ1) is 15.5. The molecule has 0 saturated carbocycles.